The Balaban J connectivity index is 1.98. The van der Waals surface area contributed by atoms with E-state index in [-0.39, 0.29) is 5.75 Å². The van der Waals surface area contributed by atoms with E-state index in [0.29, 0.717) is 5.75 Å². The summed E-state index contributed by atoms with van der Waals surface area (Å²) in [6.07, 6.45) is 6.30. The van der Waals surface area contributed by atoms with Crippen molar-refractivity contribution in [1.29, 1.82) is 0 Å². The van der Waals surface area contributed by atoms with Gasteiger partial charge >= 0.3 is 0 Å². The van der Waals surface area contributed by atoms with Crippen LogP contribution >= 0.6 is 0 Å². The first-order valence-electron chi connectivity index (χ1n) is 8.21. The molecule has 2 aromatic rings. The maximum Gasteiger partial charge on any atom is 0.161 e. The van der Waals surface area contributed by atoms with Gasteiger partial charge in [-0.25, -0.2) is 0 Å². The smallest absolute Gasteiger partial charge is 0.161 e. The number of phenols is 1. The van der Waals surface area contributed by atoms with Gasteiger partial charge in [-0.1, -0.05) is 50.2 Å². The van der Waals surface area contributed by atoms with Crippen molar-refractivity contribution in [2.24, 2.45) is 0 Å². The lowest BCUT2D eigenvalue weighted by molar-refractivity contribution is 0.373. The van der Waals surface area contributed by atoms with Crippen molar-refractivity contribution < 1.29 is 9.84 Å². The number of aryl methyl sites for hydroxylation is 1. The molecule has 0 unspecified atom stereocenters. The van der Waals surface area contributed by atoms with Crippen LogP contribution in [0.3, 0.4) is 0 Å². The van der Waals surface area contributed by atoms with Crippen LogP contribution in [0.4, 0.5) is 0 Å². The number of aromatic hydroxyl groups is 1. The van der Waals surface area contributed by atoms with Gasteiger partial charge in [-0.05, 0) is 48.7 Å². The summed E-state index contributed by atoms with van der Waals surface area (Å²) < 4.78 is 5.09. The Kier molecular flexibility index (Phi) is 6.56. The van der Waals surface area contributed by atoms with Crippen molar-refractivity contribution in [3.05, 3.63) is 59.2 Å². The molecule has 0 atom stereocenters. The first-order chi connectivity index (χ1) is 11.2. The van der Waals surface area contributed by atoms with Gasteiger partial charge in [0.2, 0.25) is 0 Å². The Morgan fingerprint density at radius 3 is 2.30 bits per heavy atom. The summed E-state index contributed by atoms with van der Waals surface area (Å²) in [6.45, 7) is 2.23. The third-order valence-corrected chi connectivity index (χ3v) is 3.80. The van der Waals surface area contributed by atoms with Crippen LogP contribution < -0.4 is 4.74 Å². The molecule has 0 aliphatic rings. The molecular weight excluding hydrogens is 284 g/mol. The Labute approximate surface area is 139 Å². The van der Waals surface area contributed by atoms with Gasteiger partial charge < -0.3 is 9.84 Å². The van der Waals surface area contributed by atoms with E-state index < -0.39 is 0 Å². The van der Waals surface area contributed by atoms with Crippen LogP contribution in [0, 0.1) is 11.8 Å². The lowest BCUT2D eigenvalue weighted by atomic mass is 10.0. The number of rotatable bonds is 6. The standard InChI is InChI=1S/C21H24O2/c1-3-4-5-6-7-17-8-10-18(11-9-17)12-13-19-14-15-20(22)21(16-19)23-2/h8-11,14-16,22H,3-7H2,1-2H3. The molecule has 2 aromatic carbocycles. The van der Waals surface area contributed by atoms with Gasteiger partial charge in [0.05, 0.1) is 7.11 Å². The van der Waals surface area contributed by atoms with Crippen molar-refractivity contribution in [3.63, 3.8) is 0 Å². The second-order valence-corrected chi connectivity index (χ2v) is 5.64. The Hall–Kier alpha value is -2.40. The third-order valence-electron chi connectivity index (χ3n) is 3.80. The molecule has 23 heavy (non-hydrogen) atoms. The lowest BCUT2D eigenvalue weighted by Crippen LogP contribution is -1.86. The summed E-state index contributed by atoms with van der Waals surface area (Å²) >= 11 is 0. The summed E-state index contributed by atoms with van der Waals surface area (Å²) in [6, 6.07) is 13.6. The molecule has 0 amide bonds. The minimum atomic E-state index is 0.130. The lowest BCUT2D eigenvalue weighted by Gasteiger charge is -2.02. The number of benzene rings is 2. The number of phenolic OH excluding ortho intramolecular Hbond substituents is 1. The number of methoxy groups -OCH3 is 1. The molecule has 2 nitrogen and oxygen atoms in total. The fourth-order valence-corrected chi connectivity index (χ4v) is 2.41. The molecule has 2 rings (SSSR count). The minimum absolute atomic E-state index is 0.130. The summed E-state index contributed by atoms with van der Waals surface area (Å²) in [5.74, 6) is 6.82. The average molecular weight is 308 g/mol. The molecule has 120 valence electrons. The summed E-state index contributed by atoms with van der Waals surface area (Å²) in [4.78, 5) is 0. The van der Waals surface area contributed by atoms with Gasteiger partial charge in [0, 0.05) is 11.1 Å². The molecule has 0 bridgehead atoms. The minimum Gasteiger partial charge on any atom is -0.504 e. The van der Waals surface area contributed by atoms with Gasteiger partial charge in [-0.3, -0.25) is 0 Å². The largest absolute Gasteiger partial charge is 0.504 e. The highest BCUT2D eigenvalue weighted by Crippen LogP contribution is 2.25. The van der Waals surface area contributed by atoms with E-state index in [4.69, 9.17) is 4.74 Å². The van der Waals surface area contributed by atoms with Crippen molar-refractivity contribution >= 4 is 0 Å². The molecule has 0 spiro atoms. The zero-order valence-corrected chi connectivity index (χ0v) is 13.9. The van der Waals surface area contributed by atoms with Crippen molar-refractivity contribution in [1.82, 2.24) is 0 Å². The van der Waals surface area contributed by atoms with Crippen LogP contribution in [-0.2, 0) is 6.42 Å². The second kappa shape index (κ2) is 8.90. The number of hydrogen-bond acceptors (Lipinski definition) is 2. The highest BCUT2D eigenvalue weighted by atomic mass is 16.5. The summed E-state index contributed by atoms with van der Waals surface area (Å²) in [5, 5.41) is 9.58. The first-order valence-corrected chi connectivity index (χ1v) is 8.21. The number of unbranched alkanes of at least 4 members (excludes halogenated alkanes) is 3. The van der Waals surface area contributed by atoms with Gasteiger partial charge in [-0.2, -0.15) is 0 Å². The highest BCUT2D eigenvalue weighted by Gasteiger charge is 2.00. The summed E-state index contributed by atoms with van der Waals surface area (Å²) in [7, 11) is 1.53. The first kappa shape index (κ1) is 17.0. The molecule has 0 heterocycles. The molecule has 0 fully saturated rings. The molecule has 0 aliphatic carbocycles. The van der Waals surface area contributed by atoms with E-state index in [2.05, 4.69) is 43.0 Å². The number of ether oxygens (including phenoxy) is 1. The van der Waals surface area contributed by atoms with Crippen LogP contribution in [0.15, 0.2) is 42.5 Å². The van der Waals surface area contributed by atoms with Gasteiger partial charge in [-0.15, -0.1) is 0 Å². The van der Waals surface area contributed by atoms with Gasteiger partial charge in [0.15, 0.2) is 11.5 Å². The maximum absolute atomic E-state index is 9.58. The Morgan fingerprint density at radius 1 is 0.913 bits per heavy atom. The topological polar surface area (TPSA) is 29.5 Å². The Morgan fingerprint density at radius 2 is 1.61 bits per heavy atom. The summed E-state index contributed by atoms with van der Waals surface area (Å²) in [5.41, 5.74) is 3.19. The zero-order valence-electron chi connectivity index (χ0n) is 13.9. The van der Waals surface area contributed by atoms with E-state index in [0.717, 1.165) is 17.5 Å². The third kappa shape index (κ3) is 5.38. The fraction of sp³-hybridized carbons (Fsp3) is 0.333. The van der Waals surface area contributed by atoms with Crippen molar-refractivity contribution in [3.8, 4) is 23.3 Å². The highest BCUT2D eigenvalue weighted by molar-refractivity contribution is 5.50. The van der Waals surface area contributed by atoms with Gasteiger partial charge in [0.1, 0.15) is 0 Å². The molecule has 0 aromatic heterocycles. The molecule has 1 N–H and O–H groups in total. The van der Waals surface area contributed by atoms with E-state index in [1.54, 1.807) is 18.2 Å². The van der Waals surface area contributed by atoms with Crippen molar-refractivity contribution in [2.75, 3.05) is 7.11 Å². The van der Waals surface area contributed by atoms with Crippen molar-refractivity contribution in [2.45, 2.75) is 39.0 Å². The van der Waals surface area contributed by atoms with Gasteiger partial charge in [0.25, 0.3) is 0 Å². The van der Waals surface area contributed by atoms with E-state index in [1.807, 2.05) is 0 Å². The maximum atomic E-state index is 9.58. The normalized spacial score (nSPS) is 10.0. The van der Waals surface area contributed by atoms with E-state index in [1.165, 1.54) is 38.4 Å². The van der Waals surface area contributed by atoms with Crippen LogP contribution in [0.5, 0.6) is 11.5 Å². The molecule has 0 saturated carbocycles. The molecule has 0 radical (unpaired) electrons. The molecular formula is C21H24O2. The van der Waals surface area contributed by atoms with Crippen LogP contribution in [0.1, 0.15) is 49.3 Å². The van der Waals surface area contributed by atoms with E-state index >= 15 is 0 Å². The fourth-order valence-electron chi connectivity index (χ4n) is 2.41. The molecule has 0 saturated heterocycles. The SMILES string of the molecule is CCCCCCc1ccc(C#Cc2ccc(O)c(OC)c2)cc1. The predicted molar refractivity (Wildman–Crippen MR) is 94.9 cm³/mol. The van der Waals surface area contributed by atoms with E-state index in [9.17, 15) is 5.11 Å². The second-order valence-electron chi connectivity index (χ2n) is 5.64. The van der Waals surface area contributed by atoms with Crippen LogP contribution in [0.25, 0.3) is 0 Å². The number of hydrogen-bond donors (Lipinski definition) is 1. The average Bonchev–Trinajstić information content (AvgIpc) is 2.59. The molecule has 0 aliphatic heterocycles. The monoisotopic (exact) mass is 308 g/mol. The quantitative estimate of drug-likeness (QED) is 0.606. The molecule has 2 heteroatoms. The predicted octanol–water partition coefficient (Wildman–Crippen LogP) is 4.92. The van der Waals surface area contributed by atoms with Crippen LogP contribution in [-0.4, -0.2) is 12.2 Å². The van der Waals surface area contributed by atoms with Crippen LogP contribution in [0.2, 0.25) is 0 Å². The zero-order chi connectivity index (χ0) is 16.5. The Bertz CT molecular complexity index is 675.